The predicted octanol–water partition coefficient (Wildman–Crippen LogP) is 4.09. The van der Waals surface area contributed by atoms with E-state index in [4.69, 9.17) is 9.63 Å². The molecule has 0 aliphatic heterocycles. The van der Waals surface area contributed by atoms with Gasteiger partial charge in [-0.25, -0.2) is 4.79 Å². The van der Waals surface area contributed by atoms with E-state index in [1.807, 2.05) is 0 Å². The Labute approximate surface area is 138 Å². The maximum absolute atomic E-state index is 12.5. The number of rotatable bonds is 4. The minimum absolute atomic E-state index is 0.219. The van der Waals surface area contributed by atoms with Gasteiger partial charge in [-0.2, -0.15) is 0 Å². The predicted molar refractivity (Wildman–Crippen MR) is 87.8 cm³/mol. The highest BCUT2D eigenvalue weighted by Gasteiger charge is 2.32. The number of nitrogens with zero attached hydrogens (tertiary/aromatic N) is 1. The number of aryl methyl sites for hydroxylation is 1. The third kappa shape index (κ3) is 2.53. The van der Waals surface area contributed by atoms with E-state index in [0.29, 0.717) is 22.2 Å². The number of anilines is 1. The highest BCUT2D eigenvalue weighted by Crippen LogP contribution is 2.44. The summed E-state index contributed by atoms with van der Waals surface area (Å²) in [6.07, 6.45) is 2.12. The zero-order valence-corrected chi connectivity index (χ0v) is 13.7. The van der Waals surface area contributed by atoms with Crippen molar-refractivity contribution in [1.29, 1.82) is 0 Å². The topological polar surface area (TPSA) is 92.4 Å². The second kappa shape index (κ2) is 5.17. The molecule has 0 saturated heterocycles. The van der Waals surface area contributed by atoms with Gasteiger partial charge in [0.05, 0.1) is 8.89 Å². The summed E-state index contributed by atoms with van der Waals surface area (Å²) in [4.78, 5) is 24.3. The van der Waals surface area contributed by atoms with Crippen molar-refractivity contribution in [3.8, 4) is 0 Å². The van der Waals surface area contributed by atoms with E-state index in [1.165, 1.54) is 22.7 Å². The third-order valence-corrected chi connectivity index (χ3v) is 6.10. The number of carboxylic acid groups (broad SMARTS) is 1. The molecular formula is C15H12N2O4S2. The molecule has 1 amide bonds. The molecular weight excluding hydrogens is 336 g/mol. The number of aromatic nitrogens is 1. The Morgan fingerprint density at radius 3 is 2.65 bits per heavy atom. The van der Waals surface area contributed by atoms with Crippen LogP contribution in [0.1, 0.15) is 49.6 Å². The average Bonchev–Trinajstić information content (AvgIpc) is 2.98. The van der Waals surface area contributed by atoms with Crippen LogP contribution in [0.5, 0.6) is 0 Å². The largest absolute Gasteiger partial charge is 0.477 e. The monoisotopic (exact) mass is 348 g/mol. The SMILES string of the molecule is Cc1noc(C2CC2)c1NC(=O)c1cc2cc(C(=O)O)sc2s1. The highest BCUT2D eigenvalue weighted by atomic mass is 32.2. The fourth-order valence-corrected chi connectivity index (χ4v) is 4.57. The van der Waals surface area contributed by atoms with Crippen molar-refractivity contribution in [2.75, 3.05) is 5.32 Å². The quantitative estimate of drug-likeness (QED) is 0.741. The van der Waals surface area contributed by atoms with E-state index in [1.54, 1.807) is 19.1 Å². The maximum Gasteiger partial charge on any atom is 0.345 e. The molecule has 1 aliphatic rings. The molecule has 118 valence electrons. The maximum atomic E-state index is 12.5. The molecule has 2 N–H and O–H groups in total. The van der Waals surface area contributed by atoms with Crippen LogP contribution in [-0.4, -0.2) is 22.1 Å². The molecule has 0 atom stereocenters. The molecule has 8 heteroatoms. The molecule has 1 aliphatic carbocycles. The van der Waals surface area contributed by atoms with Gasteiger partial charge in [-0.3, -0.25) is 4.79 Å². The van der Waals surface area contributed by atoms with Gasteiger partial charge in [0.25, 0.3) is 5.91 Å². The van der Waals surface area contributed by atoms with Gasteiger partial charge in [0, 0.05) is 11.3 Å². The number of thiophene rings is 2. The van der Waals surface area contributed by atoms with Crippen molar-refractivity contribution in [2.45, 2.75) is 25.7 Å². The molecule has 4 rings (SSSR count). The lowest BCUT2D eigenvalue weighted by atomic mass is 10.2. The van der Waals surface area contributed by atoms with E-state index in [0.717, 1.165) is 28.0 Å². The average molecular weight is 348 g/mol. The van der Waals surface area contributed by atoms with Crippen LogP contribution < -0.4 is 5.32 Å². The molecule has 3 heterocycles. The second-order valence-corrected chi connectivity index (χ2v) is 7.87. The van der Waals surface area contributed by atoms with E-state index < -0.39 is 5.97 Å². The van der Waals surface area contributed by atoms with Crippen molar-refractivity contribution in [1.82, 2.24) is 5.16 Å². The van der Waals surface area contributed by atoms with Crippen molar-refractivity contribution < 1.29 is 19.2 Å². The van der Waals surface area contributed by atoms with Gasteiger partial charge in [-0.1, -0.05) is 5.16 Å². The van der Waals surface area contributed by atoms with E-state index in [9.17, 15) is 9.59 Å². The summed E-state index contributed by atoms with van der Waals surface area (Å²) >= 11 is 2.47. The molecule has 0 radical (unpaired) electrons. The lowest BCUT2D eigenvalue weighted by Gasteiger charge is -2.03. The summed E-state index contributed by atoms with van der Waals surface area (Å²) in [6, 6.07) is 3.31. The van der Waals surface area contributed by atoms with Gasteiger partial charge in [-0.05, 0) is 31.9 Å². The Balaban J connectivity index is 1.60. The smallest absolute Gasteiger partial charge is 0.345 e. The molecule has 23 heavy (non-hydrogen) atoms. The van der Waals surface area contributed by atoms with Crippen LogP contribution in [-0.2, 0) is 0 Å². The first kappa shape index (κ1) is 14.4. The Morgan fingerprint density at radius 1 is 1.30 bits per heavy atom. The number of fused-ring (bicyclic) bond motifs is 1. The summed E-state index contributed by atoms with van der Waals surface area (Å²) < 4.78 is 6.15. The standard InChI is InChI=1S/C15H12N2O4S2/c1-6-11(12(21-17-6)7-2-3-7)16-13(18)9-4-8-5-10(14(19)20)23-15(8)22-9/h4-5,7H,2-3H2,1H3,(H,16,18)(H,19,20). The van der Waals surface area contributed by atoms with Crippen LogP contribution in [0.15, 0.2) is 16.7 Å². The Bertz CT molecular complexity index is 901. The molecule has 3 aromatic heterocycles. The molecule has 0 aromatic carbocycles. The molecule has 1 fully saturated rings. The van der Waals surface area contributed by atoms with Crippen LogP contribution in [0.25, 0.3) is 9.40 Å². The zero-order chi connectivity index (χ0) is 16.1. The summed E-state index contributed by atoms with van der Waals surface area (Å²) in [5.41, 5.74) is 1.34. The van der Waals surface area contributed by atoms with Crippen LogP contribution in [0.3, 0.4) is 0 Å². The minimum atomic E-state index is -0.946. The normalized spacial score (nSPS) is 14.3. The number of carbonyl (C=O) groups excluding carboxylic acids is 1. The van der Waals surface area contributed by atoms with Gasteiger partial charge >= 0.3 is 5.97 Å². The summed E-state index contributed by atoms with van der Waals surface area (Å²) in [5, 5.41) is 16.6. The Hall–Kier alpha value is -2.19. The lowest BCUT2D eigenvalue weighted by molar-refractivity contribution is 0.0702. The summed E-state index contributed by atoms with van der Waals surface area (Å²) in [6.45, 7) is 1.80. The van der Waals surface area contributed by atoms with Gasteiger partial charge in [0.2, 0.25) is 0 Å². The molecule has 3 aromatic rings. The van der Waals surface area contributed by atoms with E-state index in [-0.39, 0.29) is 10.8 Å². The van der Waals surface area contributed by atoms with Crippen molar-refractivity contribution in [2.24, 2.45) is 0 Å². The molecule has 6 nitrogen and oxygen atoms in total. The highest BCUT2D eigenvalue weighted by molar-refractivity contribution is 7.39. The lowest BCUT2D eigenvalue weighted by Crippen LogP contribution is -2.11. The van der Waals surface area contributed by atoms with Gasteiger partial charge < -0.3 is 14.9 Å². The fourth-order valence-electron chi connectivity index (χ4n) is 2.40. The van der Waals surface area contributed by atoms with Crippen LogP contribution in [0.4, 0.5) is 5.69 Å². The van der Waals surface area contributed by atoms with Crippen molar-refractivity contribution >= 4 is 49.6 Å². The number of carbonyl (C=O) groups is 2. The Kier molecular flexibility index (Phi) is 3.24. The number of carboxylic acids is 1. The van der Waals surface area contributed by atoms with E-state index in [2.05, 4.69) is 10.5 Å². The first-order valence-corrected chi connectivity index (χ1v) is 8.70. The molecule has 0 unspecified atom stereocenters. The van der Waals surface area contributed by atoms with Gasteiger partial charge in [-0.15, -0.1) is 22.7 Å². The number of hydrogen-bond acceptors (Lipinski definition) is 6. The third-order valence-electron chi connectivity index (χ3n) is 3.72. The molecule has 0 spiro atoms. The molecule has 1 saturated carbocycles. The first-order valence-electron chi connectivity index (χ1n) is 7.07. The Morgan fingerprint density at radius 2 is 2.00 bits per heavy atom. The fraction of sp³-hybridized carbons (Fsp3) is 0.267. The van der Waals surface area contributed by atoms with Gasteiger partial charge in [0.1, 0.15) is 16.3 Å². The van der Waals surface area contributed by atoms with Crippen LogP contribution in [0, 0.1) is 6.92 Å². The van der Waals surface area contributed by atoms with E-state index >= 15 is 0 Å². The minimum Gasteiger partial charge on any atom is -0.477 e. The second-order valence-electron chi connectivity index (χ2n) is 5.50. The molecule has 0 bridgehead atoms. The number of aromatic carboxylic acids is 1. The van der Waals surface area contributed by atoms with Crippen LogP contribution >= 0.6 is 22.7 Å². The van der Waals surface area contributed by atoms with Crippen molar-refractivity contribution in [3.05, 3.63) is 33.3 Å². The van der Waals surface area contributed by atoms with Crippen molar-refractivity contribution in [3.63, 3.8) is 0 Å². The van der Waals surface area contributed by atoms with Gasteiger partial charge in [0.15, 0.2) is 5.76 Å². The number of hydrogen-bond donors (Lipinski definition) is 2. The van der Waals surface area contributed by atoms with Crippen LogP contribution in [0.2, 0.25) is 0 Å². The summed E-state index contributed by atoms with van der Waals surface area (Å²) in [7, 11) is 0. The zero-order valence-electron chi connectivity index (χ0n) is 12.1. The number of nitrogens with one attached hydrogen (secondary N) is 1. The first-order chi connectivity index (χ1) is 11.0. The number of amides is 1. The summed E-state index contributed by atoms with van der Waals surface area (Å²) in [5.74, 6) is -0.0547.